The second kappa shape index (κ2) is 6.02. The molecule has 0 aliphatic rings. The van der Waals surface area contributed by atoms with Gasteiger partial charge in [0.2, 0.25) is 0 Å². The van der Waals surface area contributed by atoms with Crippen molar-refractivity contribution in [3.8, 4) is 12.3 Å². The number of nitrogens with zero attached hydrogens (tertiary/aromatic N) is 2. The van der Waals surface area contributed by atoms with Gasteiger partial charge in [-0.2, -0.15) is 0 Å². The van der Waals surface area contributed by atoms with Gasteiger partial charge >= 0.3 is 5.69 Å². The molecule has 2 rings (SSSR count). The Kier molecular flexibility index (Phi) is 4.16. The zero-order chi connectivity index (χ0) is 14.5. The highest BCUT2D eigenvalue weighted by Gasteiger charge is 2.19. The Hall–Kier alpha value is -2.61. The molecule has 1 aromatic carbocycles. The van der Waals surface area contributed by atoms with Gasteiger partial charge in [0.05, 0.1) is 10.4 Å². The van der Waals surface area contributed by atoms with Crippen molar-refractivity contribution in [3.63, 3.8) is 0 Å². The number of terminal acetylenes is 1. The van der Waals surface area contributed by atoms with E-state index in [1.807, 2.05) is 31.2 Å². The highest BCUT2D eigenvalue weighted by molar-refractivity contribution is 5.95. The first-order valence-electron chi connectivity index (χ1n) is 6.39. The van der Waals surface area contributed by atoms with Crippen LogP contribution in [0.15, 0.2) is 30.5 Å². The van der Waals surface area contributed by atoms with Crippen LogP contribution in [0.25, 0.3) is 10.9 Å². The molecule has 0 saturated heterocycles. The summed E-state index contributed by atoms with van der Waals surface area (Å²) in [6.45, 7) is 1.99. The quantitative estimate of drug-likeness (QED) is 0.513. The Labute approximate surface area is 117 Å². The first kappa shape index (κ1) is 13.8. The Morgan fingerprint density at radius 2 is 2.25 bits per heavy atom. The number of hydrogen-bond donors (Lipinski definition) is 1. The molecule has 5 heteroatoms. The average Bonchev–Trinajstić information content (AvgIpc) is 2.46. The highest BCUT2D eigenvalue weighted by Crippen LogP contribution is 2.32. The van der Waals surface area contributed by atoms with Gasteiger partial charge in [-0.1, -0.05) is 25.1 Å². The van der Waals surface area contributed by atoms with E-state index in [1.54, 1.807) is 0 Å². The van der Waals surface area contributed by atoms with Crippen LogP contribution in [-0.2, 0) is 0 Å². The normalized spacial score (nSPS) is 11.8. The lowest BCUT2D eigenvalue weighted by molar-refractivity contribution is -0.384. The van der Waals surface area contributed by atoms with Gasteiger partial charge in [0.25, 0.3) is 0 Å². The molecule has 0 aliphatic heterocycles. The van der Waals surface area contributed by atoms with Crippen molar-refractivity contribution in [2.24, 2.45) is 0 Å². The van der Waals surface area contributed by atoms with E-state index in [-0.39, 0.29) is 11.7 Å². The maximum atomic E-state index is 11.2. The lowest BCUT2D eigenvalue weighted by Gasteiger charge is -2.17. The van der Waals surface area contributed by atoms with E-state index < -0.39 is 4.92 Å². The third kappa shape index (κ3) is 2.69. The molecule has 0 fully saturated rings. The Morgan fingerprint density at radius 3 is 2.90 bits per heavy atom. The molecule has 0 saturated carbocycles. The number of benzene rings is 1. The topological polar surface area (TPSA) is 68.1 Å². The number of rotatable bonds is 5. The van der Waals surface area contributed by atoms with E-state index in [2.05, 4.69) is 16.2 Å². The van der Waals surface area contributed by atoms with Crippen molar-refractivity contribution >= 4 is 22.3 Å². The summed E-state index contributed by atoms with van der Waals surface area (Å²) in [5.74, 6) is 2.59. The zero-order valence-electron chi connectivity index (χ0n) is 11.2. The molecule has 1 N–H and O–H groups in total. The predicted octanol–water partition coefficient (Wildman–Crippen LogP) is 3.36. The Morgan fingerprint density at radius 1 is 1.50 bits per heavy atom. The number of nitrogens with one attached hydrogen (secondary N) is 1. The van der Waals surface area contributed by atoms with Gasteiger partial charge in [0, 0.05) is 17.8 Å². The summed E-state index contributed by atoms with van der Waals surface area (Å²) in [5.41, 5.74) is 1.18. The lowest BCUT2D eigenvalue weighted by Crippen LogP contribution is -2.18. The number of hydrogen-bond acceptors (Lipinski definition) is 4. The van der Waals surface area contributed by atoms with Crippen LogP contribution in [0.3, 0.4) is 0 Å². The number of para-hydroxylation sites is 1. The van der Waals surface area contributed by atoms with Gasteiger partial charge in [-0.3, -0.25) is 10.1 Å². The number of nitro groups is 1. The van der Waals surface area contributed by atoms with Crippen molar-refractivity contribution in [3.05, 3.63) is 40.6 Å². The van der Waals surface area contributed by atoms with Crippen LogP contribution in [0, 0.1) is 22.5 Å². The van der Waals surface area contributed by atoms with E-state index in [1.165, 1.54) is 6.20 Å². The molecule has 0 aliphatic carbocycles. The molecule has 1 unspecified atom stereocenters. The van der Waals surface area contributed by atoms with Crippen LogP contribution >= 0.6 is 0 Å². The van der Waals surface area contributed by atoms with Crippen molar-refractivity contribution in [2.45, 2.75) is 25.8 Å². The first-order valence-corrected chi connectivity index (χ1v) is 6.39. The van der Waals surface area contributed by atoms with Crippen molar-refractivity contribution in [2.75, 3.05) is 5.32 Å². The van der Waals surface area contributed by atoms with Crippen LogP contribution in [0.1, 0.15) is 19.8 Å². The van der Waals surface area contributed by atoms with Crippen LogP contribution in [0.2, 0.25) is 0 Å². The van der Waals surface area contributed by atoms with Gasteiger partial charge in [-0.05, 0) is 12.5 Å². The Bertz CT molecular complexity index is 676. The van der Waals surface area contributed by atoms with E-state index in [0.717, 1.165) is 17.3 Å². The molecule has 2 aromatic rings. The van der Waals surface area contributed by atoms with Gasteiger partial charge in [0.1, 0.15) is 11.9 Å². The zero-order valence-corrected chi connectivity index (χ0v) is 11.2. The van der Waals surface area contributed by atoms with Crippen LogP contribution < -0.4 is 5.32 Å². The summed E-state index contributed by atoms with van der Waals surface area (Å²) in [4.78, 5) is 14.9. The van der Waals surface area contributed by atoms with Crippen molar-refractivity contribution < 1.29 is 4.92 Å². The van der Waals surface area contributed by atoms with E-state index in [0.29, 0.717) is 12.1 Å². The van der Waals surface area contributed by atoms with E-state index in [4.69, 9.17) is 6.42 Å². The average molecular weight is 269 g/mol. The van der Waals surface area contributed by atoms with E-state index in [9.17, 15) is 10.1 Å². The molecule has 0 amide bonds. The van der Waals surface area contributed by atoms with Crippen LogP contribution in [-0.4, -0.2) is 15.9 Å². The molecule has 1 atom stereocenters. The second-order valence-corrected chi connectivity index (χ2v) is 4.45. The minimum absolute atomic E-state index is 0.00417. The molecule has 0 spiro atoms. The predicted molar refractivity (Wildman–Crippen MR) is 79.5 cm³/mol. The lowest BCUT2D eigenvalue weighted by atomic mass is 10.1. The van der Waals surface area contributed by atoms with Gasteiger partial charge in [-0.25, -0.2) is 4.98 Å². The molecule has 0 bridgehead atoms. The summed E-state index contributed by atoms with van der Waals surface area (Å²) in [6, 6.07) is 7.33. The largest absolute Gasteiger partial charge is 0.375 e. The number of aromatic nitrogens is 1. The van der Waals surface area contributed by atoms with Gasteiger partial charge in [-0.15, -0.1) is 12.3 Å². The molecular formula is C15H15N3O2. The van der Waals surface area contributed by atoms with Gasteiger partial charge < -0.3 is 5.32 Å². The van der Waals surface area contributed by atoms with E-state index >= 15 is 0 Å². The number of anilines is 1. The number of fused-ring (bicyclic) bond motifs is 1. The fourth-order valence-corrected chi connectivity index (χ4v) is 2.06. The molecule has 1 aromatic heterocycles. The molecule has 5 nitrogen and oxygen atoms in total. The summed E-state index contributed by atoms with van der Waals surface area (Å²) in [6.07, 6.45) is 7.93. The third-order valence-corrected chi connectivity index (χ3v) is 3.16. The molecule has 102 valence electrons. The molecular weight excluding hydrogens is 254 g/mol. The third-order valence-electron chi connectivity index (χ3n) is 3.16. The maximum Gasteiger partial charge on any atom is 0.311 e. The standard InChI is InChI=1S/C15H15N3O2/c1-3-7-11(4-2)17-15-12-8-5-6-9-13(12)16-10-14(15)18(19)20/h1,5-6,8-11H,4,7H2,2H3,(H,16,17). The fraction of sp³-hybridized carbons (Fsp3) is 0.267. The summed E-state index contributed by atoms with van der Waals surface area (Å²) >= 11 is 0. The minimum atomic E-state index is -0.426. The smallest absolute Gasteiger partial charge is 0.311 e. The minimum Gasteiger partial charge on any atom is -0.375 e. The van der Waals surface area contributed by atoms with Crippen molar-refractivity contribution in [1.82, 2.24) is 4.98 Å². The van der Waals surface area contributed by atoms with Gasteiger partial charge in [0.15, 0.2) is 0 Å². The van der Waals surface area contributed by atoms with Crippen molar-refractivity contribution in [1.29, 1.82) is 0 Å². The molecule has 0 radical (unpaired) electrons. The molecule has 20 heavy (non-hydrogen) atoms. The summed E-state index contributed by atoms with van der Waals surface area (Å²) in [7, 11) is 0. The summed E-state index contributed by atoms with van der Waals surface area (Å²) < 4.78 is 0. The summed E-state index contributed by atoms with van der Waals surface area (Å²) in [5, 5.41) is 15.1. The maximum absolute atomic E-state index is 11.2. The highest BCUT2D eigenvalue weighted by atomic mass is 16.6. The first-order chi connectivity index (χ1) is 9.67. The van der Waals surface area contributed by atoms with Crippen LogP contribution in [0.5, 0.6) is 0 Å². The monoisotopic (exact) mass is 269 g/mol. The second-order valence-electron chi connectivity index (χ2n) is 4.45. The SMILES string of the molecule is C#CCC(CC)Nc1c([N+](=O)[O-])cnc2ccccc12. The Balaban J connectivity index is 2.55. The number of pyridine rings is 1. The molecule has 1 heterocycles. The fourth-order valence-electron chi connectivity index (χ4n) is 2.06. The van der Waals surface area contributed by atoms with Crippen LogP contribution in [0.4, 0.5) is 11.4 Å².